The van der Waals surface area contributed by atoms with Crippen molar-refractivity contribution in [3.05, 3.63) is 72.6 Å². The van der Waals surface area contributed by atoms with Crippen LogP contribution in [0.15, 0.2) is 60.9 Å². The monoisotopic (exact) mass is 744 g/mol. The number of carbonyl (C=O) groups is 3. The van der Waals surface area contributed by atoms with Gasteiger partial charge >= 0.3 is 6.09 Å². The number of methoxy groups -OCH3 is 1. The highest BCUT2D eigenvalue weighted by Gasteiger charge is 2.45. The van der Waals surface area contributed by atoms with Crippen LogP contribution in [0.25, 0.3) is 33.6 Å². The predicted molar refractivity (Wildman–Crippen MR) is 196 cm³/mol. The Morgan fingerprint density at radius 2 is 1.50 bits per heavy atom. The van der Waals surface area contributed by atoms with E-state index in [4.69, 9.17) is 9.47 Å². The van der Waals surface area contributed by atoms with Crippen LogP contribution in [0.1, 0.15) is 75.1 Å². The zero-order chi connectivity index (χ0) is 37.7. The molecule has 3 aliphatic rings. The van der Waals surface area contributed by atoms with E-state index in [0.29, 0.717) is 44.2 Å². The van der Waals surface area contributed by atoms with Gasteiger partial charge in [0.1, 0.15) is 17.7 Å². The molecule has 15 heteroatoms. The van der Waals surface area contributed by atoms with Crippen LogP contribution in [-0.4, -0.2) is 94.2 Å². The molecule has 2 aromatic carbocycles. The van der Waals surface area contributed by atoms with Crippen molar-refractivity contribution in [3.8, 4) is 33.6 Å². The lowest BCUT2D eigenvalue weighted by molar-refractivity contribution is -0.134. The van der Waals surface area contributed by atoms with E-state index in [1.54, 1.807) is 17.3 Å². The van der Waals surface area contributed by atoms with Gasteiger partial charge in [0.15, 0.2) is 0 Å². The van der Waals surface area contributed by atoms with E-state index in [1.165, 1.54) is 7.11 Å². The molecular formula is C39H46F2N8O5. The van der Waals surface area contributed by atoms with E-state index in [0.717, 1.165) is 65.7 Å². The maximum absolute atomic E-state index is 13.8. The number of halogens is 2. The molecule has 4 aromatic rings. The number of hydrogen-bond donors (Lipinski definition) is 5. The Kier molecular flexibility index (Phi) is 11.3. The zero-order valence-corrected chi connectivity index (χ0v) is 30.2. The van der Waals surface area contributed by atoms with Crippen molar-refractivity contribution < 1.29 is 32.6 Å². The quantitative estimate of drug-likeness (QED) is 0.162. The smallest absolute Gasteiger partial charge is 0.407 e. The number of benzene rings is 2. The molecule has 3 saturated heterocycles. The standard InChI is InChI=1S/C39H46F2N8O5/c1-53-38(52)48-29-6-3-2-4-18-54-19-16-28(47-36(29)50)34-42-21-31(45-34)26-12-8-24(9-13-26)25-10-14-27(15-11-25)32-22-43-35(46-32)33-7-5-17-49(33)37(51)30-20-39(40,41)23-44-30/h8-15,21-22,28-30,33,44H,2-7,16-20,23H2,1H3,(H,42,45)(H,43,46)(H,47,50)(H,48,52)/t28-,29-,30-,33-/m0/s1. The normalized spacial score (nSPS) is 23.6. The molecule has 0 unspecified atom stereocenters. The second-order valence-corrected chi connectivity index (χ2v) is 14.2. The van der Waals surface area contributed by atoms with Gasteiger partial charge in [-0.2, -0.15) is 0 Å². The van der Waals surface area contributed by atoms with E-state index < -0.39 is 43.1 Å². The van der Waals surface area contributed by atoms with Gasteiger partial charge in [-0.15, -0.1) is 0 Å². The minimum Gasteiger partial charge on any atom is -0.453 e. The number of ether oxygens (including phenoxy) is 2. The Morgan fingerprint density at radius 3 is 2.15 bits per heavy atom. The number of nitrogens with zero attached hydrogens (tertiary/aromatic N) is 3. The van der Waals surface area contributed by atoms with E-state index >= 15 is 0 Å². The van der Waals surface area contributed by atoms with Gasteiger partial charge in [0.25, 0.3) is 5.92 Å². The van der Waals surface area contributed by atoms with Crippen molar-refractivity contribution in [2.45, 2.75) is 81.5 Å². The van der Waals surface area contributed by atoms with Crippen LogP contribution < -0.4 is 16.0 Å². The second-order valence-electron chi connectivity index (χ2n) is 14.2. The lowest BCUT2D eigenvalue weighted by Crippen LogP contribution is -2.48. The van der Waals surface area contributed by atoms with Crippen LogP contribution in [0.4, 0.5) is 13.6 Å². The summed E-state index contributed by atoms with van der Waals surface area (Å²) in [6, 6.07) is 13.9. The number of hydrogen-bond acceptors (Lipinski definition) is 8. The maximum Gasteiger partial charge on any atom is 0.407 e. The van der Waals surface area contributed by atoms with Crippen LogP contribution in [0.5, 0.6) is 0 Å². The summed E-state index contributed by atoms with van der Waals surface area (Å²) in [6.45, 7) is 1.13. The largest absolute Gasteiger partial charge is 0.453 e. The van der Waals surface area contributed by atoms with Gasteiger partial charge in [0.2, 0.25) is 11.8 Å². The van der Waals surface area contributed by atoms with Crippen LogP contribution in [0.3, 0.4) is 0 Å². The fourth-order valence-corrected chi connectivity index (χ4v) is 7.45. The number of carbonyl (C=O) groups excluding carboxylic acids is 3. The molecule has 5 heterocycles. The van der Waals surface area contributed by atoms with Gasteiger partial charge in [0, 0.05) is 26.2 Å². The lowest BCUT2D eigenvalue weighted by atomic mass is 10.0. The number of amides is 3. The molecule has 0 aliphatic carbocycles. The third-order valence-corrected chi connectivity index (χ3v) is 10.4. The van der Waals surface area contributed by atoms with Gasteiger partial charge in [-0.1, -0.05) is 61.4 Å². The predicted octanol–water partition coefficient (Wildman–Crippen LogP) is 5.66. The average molecular weight is 745 g/mol. The number of H-pyrrole nitrogens is 2. The number of aromatic amines is 2. The number of likely N-dealkylation sites (tertiary alicyclic amines) is 1. The molecule has 3 amide bonds. The molecule has 0 bridgehead atoms. The first-order chi connectivity index (χ1) is 26.2. The van der Waals surface area contributed by atoms with Crippen LogP contribution in [-0.2, 0) is 19.1 Å². The minimum atomic E-state index is -2.87. The molecule has 3 fully saturated rings. The van der Waals surface area contributed by atoms with Crippen LogP contribution in [0.2, 0.25) is 0 Å². The summed E-state index contributed by atoms with van der Waals surface area (Å²) in [4.78, 5) is 55.9. The maximum atomic E-state index is 13.8. The SMILES string of the molecule is COC(=O)N[C@H]1CCCCCOCC[C@@H](c2ncc(-c3ccc(-c4ccc(-c5cnc([C@@H]6CCCN6C(=O)[C@@H]6CC(F)(F)CN6)[nH]5)cc4)cc3)[nH]2)NC1=O. The first-order valence-corrected chi connectivity index (χ1v) is 18.6. The van der Waals surface area contributed by atoms with Gasteiger partial charge in [-0.25, -0.2) is 23.5 Å². The molecule has 0 radical (unpaired) electrons. The molecule has 0 spiro atoms. The number of imidazole rings is 2. The van der Waals surface area contributed by atoms with Crippen molar-refractivity contribution in [1.82, 2.24) is 40.8 Å². The molecule has 5 N–H and O–H groups in total. The Morgan fingerprint density at radius 1 is 0.852 bits per heavy atom. The van der Waals surface area contributed by atoms with Crippen molar-refractivity contribution >= 4 is 17.9 Å². The molecular weight excluding hydrogens is 698 g/mol. The molecule has 0 saturated carbocycles. The number of aromatic nitrogens is 4. The third kappa shape index (κ3) is 8.63. The summed E-state index contributed by atoms with van der Waals surface area (Å²) in [5, 5.41) is 8.39. The van der Waals surface area contributed by atoms with Crippen LogP contribution in [0, 0.1) is 0 Å². The highest BCUT2D eigenvalue weighted by molar-refractivity contribution is 5.86. The summed E-state index contributed by atoms with van der Waals surface area (Å²) in [7, 11) is 1.28. The molecule has 4 atom stereocenters. The summed E-state index contributed by atoms with van der Waals surface area (Å²) < 4.78 is 38.1. The van der Waals surface area contributed by atoms with Gasteiger partial charge in [-0.3, -0.25) is 14.9 Å². The summed E-state index contributed by atoms with van der Waals surface area (Å²) >= 11 is 0. The van der Waals surface area contributed by atoms with Gasteiger partial charge in [-0.05, 0) is 54.4 Å². The Hall–Kier alpha value is -5.15. The summed E-state index contributed by atoms with van der Waals surface area (Å²) in [5.74, 6) is -2.21. The molecule has 54 heavy (non-hydrogen) atoms. The van der Waals surface area contributed by atoms with Crippen molar-refractivity contribution in [3.63, 3.8) is 0 Å². The topological polar surface area (TPSA) is 166 Å². The molecule has 286 valence electrons. The lowest BCUT2D eigenvalue weighted by Gasteiger charge is -2.26. The van der Waals surface area contributed by atoms with E-state index in [1.807, 2.05) is 48.5 Å². The first kappa shape index (κ1) is 37.2. The van der Waals surface area contributed by atoms with Gasteiger partial charge < -0.3 is 35.0 Å². The molecule has 7 rings (SSSR count). The van der Waals surface area contributed by atoms with Gasteiger partial charge in [0.05, 0.1) is 55.6 Å². The van der Waals surface area contributed by atoms with Crippen molar-refractivity contribution in [2.24, 2.45) is 0 Å². The van der Waals surface area contributed by atoms with Crippen LogP contribution >= 0.6 is 0 Å². The summed E-state index contributed by atoms with van der Waals surface area (Å²) in [5.41, 5.74) is 5.52. The molecule has 3 aliphatic heterocycles. The molecule has 13 nitrogen and oxygen atoms in total. The molecule has 2 aromatic heterocycles. The highest BCUT2D eigenvalue weighted by atomic mass is 19.3. The van der Waals surface area contributed by atoms with E-state index in [2.05, 4.69) is 35.9 Å². The second kappa shape index (κ2) is 16.5. The number of nitrogens with one attached hydrogen (secondary N) is 5. The number of alkyl halides is 2. The zero-order valence-electron chi connectivity index (χ0n) is 30.2. The highest BCUT2D eigenvalue weighted by Crippen LogP contribution is 2.35. The Bertz CT molecular complexity index is 1910. The average Bonchev–Trinajstić information content (AvgIpc) is 4.01. The Labute approximate surface area is 312 Å². The summed E-state index contributed by atoms with van der Waals surface area (Å²) in [6.07, 6.45) is 7.43. The Balaban J connectivity index is 0.995. The number of alkyl carbamates (subject to hydrolysis) is 1. The first-order valence-electron chi connectivity index (χ1n) is 18.6. The van der Waals surface area contributed by atoms with E-state index in [9.17, 15) is 23.2 Å². The fraction of sp³-hybridized carbons (Fsp3) is 0.462. The van der Waals surface area contributed by atoms with E-state index in [-0.39, 0.29) is 17.9 Å². The van der Waals surface area contributed by atoms with Crippen molar-refractivity contribution in [1.29, 1.82) is 0 Å². The fourth-order valence-electron chi connectivity index (χ4n) is 7.45. The third-order valence-electron chi connectivity index (χ3n) is 10.4. The van der Waals surface area contributed by atoms with Crippen molar-refractivity contribution in [2.75, 3.05) is 33.4 Å². The minimum absolute atomic E-state index is 0.276. The number of rotatable bonds is 7.